The number of aromatic nitrogens is 3. The Hall–Kier alpha value is -2.69. The topological polar surface area (TPSA) is 59.8 Å². The molecule has 0 unspecified atom stereocenters. The minimum absolute atomic E-state index is 0.123. The molecule has 26 heavy (non-hydrogen) atoms. The third-order valence-electron chi connectivity index (χ3n) is 4.48. The van der Waals surface area contributed by atoms with Crippen molar-refractivity contribution in [2.75, 3.05) is 6.54 Å². The van der Waals surface area contributed by atoms with Gasteiger partial charge in [0.05, 0.1) is 11.0 Å². The summed E-state index contributed by atoms with van der Waals surface area (Å²) in [6.07, 6.45) is 6.94. The molecule has 0 radical (unpaired) electrons. The molecular weight excluding hydrogens is 324 g/mol. The van der Waals surface area contributed by atoms with E-state index in [2.05, 4.69) is 40.0 Å². The van der Waals surface area contributed by atoms with Crippen molar-refractivity contribution < 1.29 is 4.79 Å². The molecule has 0 atom stereocenters. The summed E-state index contributed by atoms with van der Waals surface area (Å²) >= 11 is 0. The number of imidazole rings is 1. The predicted octanol–water partition coefficient (Wildman–Crippen LogP) is 3.98. The van der Waals surface area contributed by atoms with Crippen LogP contribution in [0.5, 0.6) is 0 Å². The van der Waals surface area contributed by atoms with Gasteiger partial charge in [0, 0.05) is 25.7 Å². The second-order valence-corrected chi connectivity index (χ2v) is 6.45. The number of nitrogens with zero attached hydrogens (tertiary/aromatic N) is 3. The van der Waals surface area contributed by atoms with Gasteiger partial charge in [-0.25, -0.2) is 4.98 Å². The third-order valence-corrected chi connectivity index (χ3v) is 4.48. The van der Waals surface area contributed by atoms with Gasteiger partial charge >= 0.3 is 0 Å². The van der Waals surface area contributed by atoms with E-state index < -0.39 is 0 Å². The Morgan fingerprint density at radius 1 is 1.08 bits per heavy atom. The van der Waals surface area contributed by atoms with Crippen LogP contribution in [0.2, 0.25) is 0 Å². The highest BCUT2D eigenvalue weighted by molar-refractivity contribution is 5.92. The molecule has 1 N–H and O–H groups in total. The maximum Gasteiger partial charge on any atom is 0.269 e. The molecule has 0 bridgehead atoms. The number of carbonyl (C=O) groups is 1. The van der Waals surface area contributed by atoms with Gasteiger partial charge in [-0.3, -0.25) is 9.78 Å². The Balaban J connectivity index is 1.59. The molecule has 3 aromatic rings. The number of aryl methyl sites for hydroxylation is 2. The van der Waals surface area contributed by atoms with E-state index in [1.807, 2.05) is 12.1 Å². The minimum Gasteiger partial charge on any atom is -0.351 e. The van der Waals surface area contributed by atoms with Crippen LogP contribution in [-0.4, -0.2) is 27.0 Å². The van der Waals surface area contributed by atoms with Gasteiger partial charge in [0.25, 0.3) is 5.91 Å². The summed E-state index contributed by atoms with van der Waals surface area (Å²) in [6.45, 7) is 3.84. The van der Waals surface area contributed by atoms with Crippen molar-refractivity contribution in [3.63, 3.8) is 0 Å². The Bertz CT molecular complexity index is 842. The average molecular weight is 350 g/mol. The molecule has 0 aliphatic carbocycles. The molecule has 0 aliphatic rings. The van der Waals surface area contributed by atoms with E-state index in [1.54, 1.807) is 18.3 Å². The van der Waals surface area contributed by atoms with Gasteiger partial charge in [-0.15, -0.1) is 0 Å². The minimum atomic E-state index is -0.123. The highest BCUT2D eigenvalue weighted by Gasteiger charge is 2.10. The Morgan fingerprint density at radius 3 is 2.73 bits per heavy atom. The molecule has 0 saturated carbocycles. The van der Waals surface area contributed by atoms with E-state index in [0.29, 0.717) is 12.2 Å². The maximum atomic E-state index is 12.0. The summed E-state index contributed by atoms with van der Waals surface area (Å²) in [7, 11) is 0. The molecule has 5 nitrogen and oxygen atoms in total. The molecule has 2 heterocycles. The van der Waals surface area contributed by atoms with Gasteiger partial charge in [-0.2, -0.15) is 0 Å². The number of fused-ring (bicyclic) bond motifs is 1. The Morgan fingerprint density at radius 2 is 1.92 bits per heavy atom. The van der Waals surface area contributed by atoms with E-state index in [1.165, 1.54) is 24.8 Å². The molecule has 5 heteroatoms. The van der Waals surface area contributed by atoms with Crippen LogP contribution < -0.4 is 5.32 Å². The van der Waals surface area contributed by atoms with E-state index >= 15 is 0 Å². The fourth-order valence-electron chi connectivity index (χ4n) is 3.12. The van der Waals surface area contributed by atoms with E-state index in [9.17, 15) is 4.79 Å². The lowest BCUT2D eigenvalue weighted by atomic mass is 10.2. The zero-order valence-corrected chi connectivity index (χ0v) is 15.3. The third kappa shape index (κ3) is 4.48. The molecule has 3 rings (SSSR count). The van der Waals surface area contributed by atoms with Gasteiger partial charge in [-0.05, 0) is 37.1 Å². The quantitative estimate of drug-likeness (QED) is 0.594. The summed E-state index contributed by atoms with van der Waals surface area (Å²) in [4.78, 5) is 20.9. The Kier molecular flexibility index (Phi) is 6.36. The SMILES string of the molecule is CCCCCn1c(CCCNC(=O)c2ccccn2)nc2ccccc21. The van der Waals surface area contributed by atoms with Crippen molar-refractivity contribution in [1.82, 2.24) is 19.9 Å². The van der Waals surface area contributed by atoms with Crippen LogP contribution in [0, 0.1) is 0 Å². The molecule has 0 spiro atoms. The van der Waals surface area contributed by atoms with Crippen molar-refractivity contribution in [3.8, 4) is 0 Å². The van der Waals surface area contributed by atoms with Crippen LogP contribution in [0.1, 0.15) is 48.9 Å². The van der Waals surface area contributed by atoms with Crippen LogP contribution in [0.25, 0.3) is 11.0 Å². The smallest absolute Gasteiger partial charge is 0.269 e. The first-order valence-corrected chi connectivity index (χ1v) is 9.43. The van der Waals surface area contributed by atoms with Crippen LogP contribution >= 0.6 is 0 Å². The van der Waals surface area contributed by atoms with Crippen LogP contribution in [-0.2, 0) is 13.0 Å². The normalized spacial score (nSPS) is 11.0. The number of amides is 1. The molecular formula is C21H26N4O. The van der Waals surface area contributed by atoms with Gasteiger partial charge in [0.2, 0.25) is 0 Å². The number of rotatable bonds is 9. The second kappa shape index (κ2) is 9.13. The summed E-state index contributed by atoms with van der Waals surface area (Å²) in [5, 5.41) is 2.94. The summed E-state index contributed by atoms with van der Waals surface area (Å²) < 4.78 is 2.34. The number of carbonyl (C=O) groups excluding carboxylic acids is 1. The zero-order chi connectivity index (χ0) is 18.2. The fraction of sp³-hybridized carbons (Fsp3) is 0.381. The average Bonchev–Trinajstić information content (AvgIpc) is 3.03. The monoisotopic (exact) mass is 350 g/mol. The molecule has 0 saturated heterocycles. The van der Waals surface area contributed by atoms with Crippen molar-refractivity contribution >= 4 is 16.9 Å². The number of unbranched alkanes of at least 4 members (excludes halogenated alkanes) is 2. The van der Waals surface area contributed by atoms with E-state index in [-0.39, 0.29) is 5.91 Å². The first-order valence-electron chi connectivity index (χ1n) is 9.43. The number of benzene rings is 1. The second-order valence-electron chi connectivity index (χ2n) is 6.45. The summed E-state index contributed by atoms with van der Waals surface area (Å²) in [5.74, 6) is 0.983. The molecule has 2 aromatic heterocycles. The molecule has 1 amide bonds. The summed E-state index contributed by atoms with van der Waals surface area (Å²) in [6, 6.07) is 13.7. The molecule has 0 fully saturated rings. The van der Waals surface area contributed by atoms with Gasteiger partial charge < -0.3 is 9.88 Å². The number of hydrogen-bond acceptors (Lipinski definition) is 3. The standard InChI is InChI=1S/C21H26N4O/c1-2-3-8-16-25-19-12-5-4-10-17(19)24-20(25)13-9-15-23-21(26)18-11-6-7-14-22-18/h4-7,10-12,14H,2-3,8-9,13,15-16H2,1H3,(H,23,26). The lowest BCUT2D eigenvalue weighted by Gasteiger charge is -2.09. The first kappa shape index (κ1) is 18.1. The maximum absolute atomic E-state index is 12.0. The lowest BCUT2D eigenvalue weighted by Crippen LogP contribution is -2.25. The number of pyridine rings is 1. The van der Waals surface area contributed by atoms with Crippen molar-refractivity contribution in [2.45, 2.75) is 45.6 Å². The van der Waals surface area contributed by atoms with E-state index in [0.717, 1.165) is 30.7 Å². The lowest BCUT2D eigenvalue weighted by molar-refractivity contribution is 0.0948. The summed E-state index contributed by atoms with van der Waals surface area (Å²) in [5.41, 5.74) is 2.71. The van der Waals surface area contributed by atoms with Gasteiger partial charge in [0.1, 0.15) is 11.5 Å². The highest BCUT2D eigenvalue weighted by Crippen LogP contribution is 2.18. The largest absolute Gasteiger partial charge is 0.351 e. The number of para-hydroxylation sites is 2. The highest BCUT2D eigenvalue weighted by atomic mass is 16.1. The van der Waals surface area contributed by atoms with Crippen molar-refractivity contribution in [3.05, 3.63) is 60.2 Å². The van der Waals surface area contributed by atoms with Crippen molar-refractivity contribution in [2.24, 2.45) is 0 Å². The zero-order valence-electron chi connectivity index (χ0n) is 15.3. The van der Waals surface area contributed by atoms with Crippen LogP contribution in [0.4, 0.5) is 0 Å². The first-order chi connectivity index (χ1) is 12.8. The predicted molar refractivity (Wildman–Crippen MR) is 104 cm³/mol. The van der Waals surface area contributed by atoms with Gasteiger partial charge in [-0.1, -0.05) is 38.0 Å². The Labute approximate surface area is 154 Å². The molecule has 1 aromatic carbocycles. The fourth-order valence-corrected chi connectivity index (χ4v) is 3.12. The van der Waals surface area contributed by atoms with E-state index in [4.69, 9.17) is 4.98 Å². The van der Waals surface area contributed by atoms with Crippen molar-refractivity contribution in [1.29, 1.82) is 0 Å². The number of hydrogen-bond donors (Lipinski definition) is 1. The number of nitrogens with one attached hydrogen (secondary N) is 1. The molecule has 136 valence electrons. The molecule has 0 aliphatic heterocycles. The van der Waals surface area contributed by atoms with Crippen LogP contribution in [0.15, 0.2) is 48.7 Å². The van der Waals surface area contributed by atoms with Crippen LogP contribution in [0.3, 0.4) is 0 Å². The van der Waals surface area contributed by atoms with Gasteiger partial charge in [0.15, 0.2) is 0 Å².